The molecule has 0 fully saturated rings. The molecule has 3 nitrogen and oxygen atoms in total. The Kier molecular flexibility index (Phi) is 20.0. The minimum absolute atomic E-state index is 0. The van der Waals surface area contributed by atoms with E-state index in [0.717, 1.165) is 0 Å². The monoisotopic (exact) mass is 158 g/mol. The lowest BCUT2D eigenvalue weighted by atomic mass is 10.9. The van der Waals surface area contributed by atoms with Crippen LogP contribution in [0.25, 0.3) is 0 Å². The first-order chi connectivity index (χ1) is 2.77. The van der Waals surface area contributed by atoms with Gasteiger partial charge in [0.15, 0.2) is 0 Å². The maximum atomic E-state index is 4.64. The van der Waals surface area contributed by atoms with Crippen molar-refractivity contribution in [1.29, 1.82) is 0 Å². The second-order valence-electron chi connectivity index (χ2n) is 0.699. The summed E-state index contributed by atoms with van der Waals surface area (Å²) in [6.07, 6.45) is 0. The molecule has 52 valence electrons. The number of ether oxygens (including phenoxy) is 1. The van der Waals surface area contributed by atoms with Crippen molar-refractivity contribution in [3.05, 3.63) is 0 Å². The van der Waals surface area contributed by atoms with Gasteiger partial charge in [0.05, 0.1) is 6.61 Å². The molecule has 0 aliphatic carbocycles. The number of thiocarbonyl (C=S) groups is 1. The Morgan fingerprint density at radius 3 is 2.00 bits per heavy atom. The average Bonchev–Trinajstić information content (AvgIpc) is 1.35. The molecule has 0 radical (unpaired) electrons. The van der Waals surface area contributed by atoms with Crippen molar-refractivity contribution < 1.29 is 15.7 Å². The largest absolute Gasteiger partial charge is 0.479 e. The van der Waals surface area contributed by atoms with Crippen LogP contribution in [0.2, 0.25) is 0 Å². The van der Waals surface area contributed by atoms with Crippen LogP contribution in [-0.4, -0.2) is 21.9 Å². The molecular weight excluding hydrogens is 148 g/mol. The van der Waals surface area contributed by atoms with Crippen molar-refractivity contribution in [3.8, 4) is 0 Å². The molecule has 0 aromatic heterocycles. The van der Waals surface area contributed by atoms with Crippen LogP contribution in [-0.2, 0) is 4.74 Å². The fourth-order valence-electron chi connectivity index (χ4n) is 0.123. The zero-order chi connectivity index (χ0) is 4.99. The molecule has 0 saturated heterocycles. The second kappa shape index (κ2) is 10.2. The second-order valence-corrected chi connectivity index (χ2v) is 1.78. The summed E-state index contributed by atoms with van der Waals surface area (Å²) in [6.45, 7) is 2.48. The van der Waals surface area contributed by atoms with E-state index in [2.05, 4.69) is 29.6 Å². The molecule has 4 N–H and O–H groups in total. The highest BCUT2D eigenvalue weighted by atomic mass is 32.1. The summed E-state index contributed by atoms with van der Waals surface area (Å²) in [5, 5.41) is 0. The van der Waals surface area contributed by atoms with Crippen molar-refractivity contribution in [2.75, 3.05) is 6.61 Å². The van der Waals surface area contributed by atoms with Crippen LogP contribution < -0.4 is 0 Å². The lowest BCUT2D eigenvalue weighted by molar-refractivity contribution is 0.346. The van der Waals surface area contributed by atoms with Crippen LogP contribution in [0.1, 0.15) is 6.92 Å². The minimum Gasteiger partial charge on any atom is -0.479 e. The summed E-state index contributed by atoms with van der Waals surface area (Å²) in [6, 6.07) is 0. The quantitative estimate of drug-likeness (QED) is 0.416. The fourth-order valence-corrected chi connectivity index (χ4v) is 0.370. The van der Waals surface area contributed by atoms with Crippen LogP contribution in [0.5, 0.6) is 0 Å². The standard InChI is InChI=1S/C3H6OS2.2H2O/c1-2-4-3(5)6;;/h2H2,1H3,(H,5,6);2*1H2. The predicted molar refractivity (Wildman–Crippen MR) is 40.4 cm³/mol. The number of rotatable bonds is 1. The first kappa shape index (κ1) is 15.7. The summed E-state index contributed by atoms with van der Waals surface area (Å²) in [4.78, 5) is 0. The van der Waals surface area contributed by atoms with Crippen LogP contribution in [0.3, 0.4) is 0 Å². The van der Waals surface area contributed by atoms with E-state index in [1.54, 1.807) is 0 Å². The van der Waals surface area contributed by atoms with E-state index in [9.17, 15) is 0 Å². The van der Waals surface area contributed by atoms with E-state index in [4.69, 9.17) is 0 Å². The third kappa shape index (κ3) is 16.4. The van der Waals surface area contributed by atoms with Gasteiger partial charge in [-0.25, -0.2) is 0 Å². The summed E-state index contributed by atoms with van der Waals surface area (Å²) in [7, 11) is 0. The van der Waals surface area contributed by atoms with Crippen molar-refractivity contribution in [2.45, 2.75) is 6.92 Å². The molecular formula is C3H10O3S2. The van der Waals surface area contributed by atoms with Gasteiger partial charge in [-0.05, 0) is 19.1 Å². The highest BCUT2D eigenvalue weighted by Gasteiger charge is 1.77. The average molecular weight is 158 g/mol. The van der Waals surface area contributed by atoms with Gasteiger partial charge in [-0.3, -0.25) is 0 Å². The number of hydrogen-bond acceptors (Lipinski definition) is 2. The van der Waals surface area contributed by atoms with Crippen LogP contribution >= 0.6 is 24.8 Å². The Hall–Kier alpha value is 0.160. The summed E-state index contributed by atoms with van der Waals surface area (Å²) in [5.41, 5.74) is 0. The molecule has 0 amide bonds. The Bertz CT molecular complexity index is 56.5. The van der Waals surface area contributed by atoms with Crippen molar-refractivity contribution in [2.24, 2.45) is 0 Å². The Labute approximate surface area is 59.1 Å². The van der Waals surface area contributed by atoms with Crippen LogP contribution in [0, 0.1) is 0 Å². The van der Waals surface area contributed by atoms with Gasteiger partial charge in [-0.1, -0.05) is 12.6 Å². The van der Waals surface area contributed by atoms with E-state index in [-0.39, 0.29) is 11.0 Å². The maximum absolute atomic E-state index is 4.64. The molecule has 0 atom stereocenters. The van der Waals surface area contributed by atoms with Gasteiger partial charge in [0, 0.05) is 0 Å². The minimum atomic E-state index is 0. The van der Waals surface area contributed by atoms with E-state index in [1.165, 1.54) is 0 Å². The SMILES string of the molecule is CCOC(=S)S.O.O. The zero-order valence-electron chi connectivity index (χ0n) is 4.47. The molecule has 8 heavy (non-hydrogen) atoms. The predicted octanol–water partition coefficient (Wildman–Crippen LogP) is -0.412. The van der Waals surface area contributed by atoms with Gasteiger partial charge in [-0.15, -0.1) is 0 Å². The maximum Gasteiger partial charge on any atom is 0.216 e. The molecule has 0 unspecified atom stereocenters. The zero-order valence-corrected chi connectivity index (χ0v) is 6.18. The third-order valence-electron chi connectivity index (χ3n) is 0.268. The summed E-state index contributed by atoms with van der Waals surface area (Å²) < 4.78 is 4.95. The molecule has 0 aliphatic rings. The van der Waals surface area contributed by atoms with Gasteiger partial charge in [-0.2, -0.15) is 0 Å². The molecule has 0 aromatic rings. The van der Waals surface area contributed by atoms with Crippen molar-refractivity contribution in [3.63, 3.8) is 0 Å². The smallest absolute Gasteiger partial charge is 0.216 e. The van der Waals surface area contributed by atoms with Gasteiger partial charge in [0.1, 0.15) is 0 Å². The van der Waals surface area contributed by atoms with Crippen LogP contribution in [0.15, 0.2) is 0 Å². The molecule has 0 spiro atoms. The van der Waals surface area contributed by atoms with E-state index >= 15 is 0 Å². The molecule has 0 aliphatic heterocycles. The van der Waals surface area contributed by atoms with Crippen molar-refractivity contribution >= 4 is 29.2 Å². The number of hydrogen-bond donors (Lipinski definition) is 1. The van der Waals surface area contributed by atoms with Gasteiger partial charge in [0.25, 0.3) is 0 Å². The topological polar surface area (TPSA) is 72.2 Å². The highest BCUT2D eigenvalue weighted by molar-refractivity contribution is 8.10. The van der Waals surface area contributed by atoms with E-state index in [0.29, 0.717) is 11.0 Å². The number of thiol groups is 1. The van der Waals surface area contributed by atoms with E-state index in [1.807, 2.05) is 6.92 Å². The molecule has 0 rings (SSSR count). The molecule has 5 heteroatoms. The highest BCUT2D eigenvalue weighted by Crippen LogP contribution is 1.83. The first-order valence-corrected chi connectivity index (χ1v) is 2.48. The van der Waals surface area contributed by atoms with Gasteiger partial charge in [0.2, 0.25) is 4.38 Å². The lowest BCUT2D eigenvalue weighted by Crippen LogP contribution is -1.89. The molecule has 0 bridgehead atoms. The van der Waals surface area contributed by atoms with Gasteiger partial charge >= 0.3 is 0 Å². The molecule has 0 saturated carbocycles. The normalized spacial score (nSPS) is 5.75. The summed E-state index contributed by atoms with van der Waals surface area (Å²) in [5.74, 6) is 0. The lowest BCUT2D eigenvalue weighted by Gasteiger charge is -1.92. The molecule has 0 aromatic carbocycles. The van der Waals surface area contributed by atoms with Crippen LogP contribution in [0.4, 0.5) is 0 Å². The Balaban J connectivity index is -0.000000125. The third-order valence-corrected chi connectivity index (χ3v) is 0.515. The fraction of sp³-hybridized carbons (Fsp3) is 0.667. The Morgan fingerprint density at radius 2 is 2.00 bits per heavy atom. The Morgan fingerprint density at radius 1 is 1.62 bits per heavy atom. The first-order valence-electron chi connectivity index (χ1n) is 1.63. The van der Waals surface area contributed by atoms with Crippen molar-refractivity contribution in [1.82, 2.24) is 0 Å². The summed E-state index contributed by atoms with van der Waals surface area (Å²) >= 11 is 8.12. The van der Waals surface area contributed by atoms with Gasteiger partial charge < -0.3 is 15.7 Å². The molecule has 0 heterocycles. The van der Waals surface area contributed by atoms with E-state index < -0.39 is 0 Å².